The zero-order valence-corrected chi connectivity index (χ0v) is 11.4. The van der Waals surface area contributed by atoms with E-state index in [1.807, 2.05) is 0 Å². The number of likely N-dealkylation sites (tertiary alicyclic amines) is 1. The van der Waals surface area contributed by atoms with Crippen molar-refractivity contribution in [2.24, 2.45) is 17.8 Å². The summed E-state index contributed by atoms with van der Waals surface area (Å²) in [5.41, 5.74) is 0. The highest BCUT2D eigenvalue weighted by Crippen LogP contribution is 2.36. The number of rotatable bonds is 2. The first-order valence-corrected chi connectivity index (χ1v) is 7.40. The minimum Gasteiger partial charge on any atom is -0.481 e. The second-order valence-electron chi connectivity index (χ2n) is 6.07. The summed E-state index contributed by atoms with van der Waals surface area (Å²) < 4.78 is 0. The Morgan fingerprint density at radius 1 is 1.15 bits per heavy atom. The van der Waals surface area contributed by atoms with Gasteiger partial charge in [0.2, 0.25) is 11.8 Å². The van der Waals surface area contributed by atoms with Crippen LogP contribution in [0.5, 0.6) is 0 Å². The van der Waals surface area contributed by atoms with Crippen LogP contribution in [0.15, 0.2) is 0 Å². The average Bonchev–Trinajstić information content (AvgIpc) is 3.05. The lowest BCUT2D eigenvalue weighted by Gasteiger charge is -2.38. The lowest BCUT2D eigenvalue weighted by Crippen LogP contribution is -2.51. The lowest BCUT2D eigenvalue weighted by atomic mass is 9.88. The van der Waals surface area contributed by atoms with Crippen molar-refractivity contribution < 1.29 is 19.5 Å². The van der Waals surface area contributed by atoms with Crippen molar-refractivity contribution in [3.05, 3.63) is 0 Å². The van der Waals surface area contributed by atoms with Crippen LogP contribution < -0.4 is 5.32 Å². The van der Waals surface area contributed by atoms with E-state index in [9.17, 15) is 19.5 Å². The molecule has 2 N–H and O–H groups in total. The molecule has 2 amide bonds. The van der Waals surface area contributed by atoms with E-state index in [-0.39, 0.29) is 23.8 Å². The summed E-state index contributed by atoms with van der Waals surface area (Å²) in [6.07, 6.45) is 3.69. The average molecular weight is 280 g/mol. The Kier molecular flexibility index (Phi) is 3.40. The summed E-state index contributed by atoms with van der Waals surface area (Å²) in [6, 6.07) is -0.0706. The van der Waals surface area contributed by atoms with Crippen molar-refractivity contribution in [1.29, 1.82) is 0 Å². The monoisotopic (exact) mass is 280 g/mol. The number of fused-ring (bicyclic) bond motifs is 1. The van der Waals surface area contributed by atoms with Crippen molar-refractivity contribution >= 4 is 17.8 Å². The standard InChI is InChI=1S/C14H20N2O4/c17-12-10-5-2-6-16(11(10)7-15-12)13(18)8-3-1-4-9(8)14(19)20/h8-11H,1-7H2,(H,15,17)(H,19,20). The van der Waals surface area contributed by atoms with E-state index in [0.29, 0.717) is 25.9 Å². The maximum absolute atomic E-state index is 12.7. The van der Waals surface area contributed by atoms with Gasteiger partial charge in [-0.25, -0.2) is 0 Å². The Labute approximate surface area is 117 Å². The molecule has 3 fully saturated rings. The van der Waals surface area contributed by atoms with E-state index < -0.39 is 17.8 Å². The van der Waals surface area contributed by atoms with Gasteiger partial charge in [-0.2, -0.15) is 0 Å². The molecule has 4 atom stereocenters. The fraction of sp³-hybridized carbons (Fsp3) is 0.786. The Morgan fingerprint density at radius 3 is 2.65 bits per heavy atom. The predicted octanol–water partition coefficient (Wildman–Crippen LogP) is 0.224. The van der Waals surface area contributed by atoms with Gasteiger partial charge >= 0.3 is 5.97 Å². The number of carbonyl (C=O) groups excluding carboxylic acids is 2. The zero-order chi connectivity index (χ0) is 14.3. The topological polar surface area (TPSA) is 86.7 Å². The number of carboxylic acids is 1. The number of hydrogen-bond acceptors (Lipinski definition) is 3. The summed E-state index contributed by atoms with van der Waals surface area (Å²) in [5, 5.41) is 12.0. The second kappa shape index (κ2) is 5.07. The van der Waals surface area contributed by atoms with Gasteiger partial charge in [-0.1, -0.05) is 6.42 Å². The third kappa shape index (κ3) is 2.07. The largest absolute Gasteiger partial charge is 0.481 e. The minimum atomic E-state index is -0.866. The molecule has 1 saturated carbocycles. The van der Waals surface area contributed by atoms with Crippen molar-refractivity contribution in [1.82, 2.24) is 10.2 Å². The molecule has 6 heteroatoms. The van der Waals surface area contributed by atoms with Crippen LogP contribution >= 0.6 is 0 Å². The molecule has 3 rings (SSSR count). The molecule has 0 radical (unpaired) electrons. The highest BCUT2D eigenvalue weighted by molar-refractivity contribution is 5.88. The van der Waals surface area contributed by atoms with E-state index in [2.05, 4.69) is 5.32 Å². The molecule has 2 aliphatic heterocycles. The molecule has 0 spiro atoms. The molecule has 0 aromatic heterocycles. The summed E-state index contributed by atoms with van der Waals surface area (Å²) in [4.78, 5) is 37.4. The first-order chi connectivity index (χ1) is 9.59. The van der Waals surface area contributed by atoms with Crippen LogP contribution in [0.2, 0.25) is 0 Å². The fourth-order valence-corrected chi connectivity index (χ4v) is 3.99. The van der Waals surface area contributed by atoms with Gasteiger partial charge < -0.3 is 15.3 Å². The smallest absolute Gasteiger partial charge is 0.307 e. The van der Waals surface area contributed by atoms with Crippen LogP contribution in [0.25, 0.3) is 0 Å². The van der Waals surface area contributed by atoms with Crippen LogP contribution in [-0.4, -0.2) is 46.9 Å². The first-order valence-electron chi connectivity index (χ1n) is 7.40. The summed E-state index contributed by atoms with van der Waals surface area (Å²) in [5.74, 6) is -1.93. The summed E-state index contributed by atoms with van der Waals surface area (Å²) in [6.45, 7) is 1.16. The minimum absolute atomic E-state index is 0.0358. The van der Waals surface area contributed by atoms with E-state index in [1.54, 1.807) is 4.90 Å². The number of nitrogens with zero attached hydrogens (tertiary/aromatic N) is 1. The Bertz CT molecular complexity index is 450. The maximum Gasteiger partial charge on any atom is 0.307 e. The van der Waals surface area contributed by atoms with E-state index >= 15 is 0 Å². The van der Waals surface area contributed by atoms with E-state index in [0.717, 1.165) is 19.3 Å². The Balaban J connectivity index is 1.76. The highest BCUT2D eigenvalue weighted by Gasteiger charge is 2.46. The molecule has 110 valence electrons. The normalized spacial score (nSPS) is 36.6. The molecule has 2 heterocycles. The van der Waals surface area contributed by atoms with Crippen LogP contribution in [0.3, 0.4) is 0 Å². The number of amides is 2. The van der Waals surface area contributed by atoms with E-state index in [1.165, 1.54) is 0 Å². The second-order valence-corrected chi connectivity index (χ2v) is 6.07. The van der Waals surface area contributed by atoms with Gasteiger partial charge in [0.05, 0.1) is 23.8 Å². The van der Waals surface area contributed by atoms with Gasteiger partial charge in [0, 0.05) is 13.1 Å². The maximum atomic E-state index is 12.7. The van der Waals surface area contributed by atoms with Gasteiger partial charge in [0.1, 0.15) is 0 Å². The molecule has 0 bridgehead atoms. The highest BCUT2D eigenvalue weighted by atomic mass is 16.4. The number of nitrogens with one attached hydrogen (secondary N) is 1. The van der Waals surface area contributed by atoms with Crippen molar-refractivity contribution in [3.8, 4) is 0 Å². The molecule has 3 aliphatic rings. The molecule has 6 nitrogen and oxygen atoms in total. The number of aliphatic carboxylic acids is 1. The lowest BCUT2D eigenvalue weighted by molar-refractivity contribution is -0.151. The fourth-order valence-electron chi connectivity index (χ4n) is 3.99. The SMILES string of the molecule is O=C(O)C1CCCC1C(=O)N1CCCC2C(=O)NCC21. The molecular weight excluding hydrogens is 260 g/mol. The zero-order valence-electron chi connectivity index (χ0n) is 11.4. The Morgan fingerprint density at radius 2 is 1.90 bits per heavy atom. The number of carbonyl (C=O) groups is 3. The Hall–Kier alpha value is -1.59. The van der Waals surface area contributed by atoms with Gasteiger partial charge in [-0.15, -0.1) is 0 Å². The van der Waals surface area contributed by atoms with Gasteiger partial charge in [-0.3, -0.25) is 14.4 Å². The van der Waals surface area contributed by atoms with Crippen LogP contribution in [-0.2, 0) is 14.4 Å². The van der Waals surface area contributed by atoms with Crippen LogP contribution in [0, 0.1) is 17.8 Å². The van der Waals surface area contributed by atoms with Crippen molar-refractivity contribution in [2.75, 3.05) is 13.1 Å². The third-order valence-corrected chi connectivity index (χ3v) is 5.03. The van der Waals surface area contributed by atoms with Crippen LogP contribution in [0.1, 0.15) is 32.1 Å². The molecule has 0 aromatic rings. The molecule has 4 unspecified atom stereocenters. The molecule has 20 heavy (non-hydrogen) atoms. The quantitative estimate of drug-likeness (QED) is 0.758. The van der Waals surface area contributed by atoms with Crippen molar-refractivity contribution in [3.63, 3.8) is 0 Å². The summed E-state index contributed by atoms with van der Waals surface area (Å²) >= 11 is 0. The number of hydrogen-bond donors (Lipinski definition) is 2. The molecule has 1 aliphatic carbocycles. The number of piperidine rings is 1. The number of carboxylic acid groups (broad SMARTS) is 1. The predicted molar refractivity (Wildman–Crippen MR) is 69.7 cm³/mol. The van der Waals surface area contributed by atoms with Gasteiger partial charge in [0.15, 0.2) is 0 Å². The van der Waals surface area contributed by atoms with Gasteiger partial charge in [-0.05, 0) is 25.7 Å². The van der Waals surface area contributed by atoms with E-state index in [4.69, 9.17) is 0 Å². The molecule has 0 aromatic carbocycles. The van der Waals surface area contributed by atoms with Crippen LogP contribution in [0.4, 0.5) is 0 Å². The van der Waals surface area contributed by atoms with Crippen molar-refractivity contribution in [2.45, 2.75) is 38.1 Å². The molecule has 2 saturated heterocycles. The third-order valence-electron chi connectivity index (χ3n) is 5.03. The molecular formula is C14H20N2O4. The van der Waals surface area contributed by atoms with Gasteiger partial charge in [0.25, 0.3) is 0 Å². The first kappa shape index (κ1) is 13.4. The summed E-state index contributed by atoms with van der Waals surface area (Å²) in [7, 11) is 0.